The minimum atomic E-state index is 0.416. The molecule has 1 N–H and O–H groups in total. The molecule has 0 unspecified atom stereocenters. The lowest BCUT2D eigenvalue weighted by Gasteiger charge is -2.18. The number of halogens is 2. The van der Waals surface area contributed by atoms with Crippen molar-refractivity contribution in [2.24, 2.45) is 0 Å². The molecule has 0 aliphatic rings. The van der Waals surface area contributed by atoms with Crippen molar-refractivity contribution in [1.82, 2.24) is 9.78 Å². The van der Waals surface area contributed by atoms with Crippen LogP contribution < -0.4 is 10.2 Å². The van der Waals surface area contributed by atoms with E-state index in [2.05, 4.69) is 10.4 Å². The summed E-state index contributed by atoms with van der Waals surface area (Å²) in [5, 5.41) is 9.29. The van der Waals surface area contributed by atoms with Crippen molar-refractivity contribution in [3.8, 4) is 0 Å². The number of para-hydroxylation sites is 1. The smallest absolute Gasteiger partial charge is 0.198 e. The second-order valence-corrected chi connectivity index (χ2v) is 7.42. The van der Waals surface area contributed by atoms with Crippen LogP contribution in [0.1, 0.15) is 5.56 Å². The summed E-state index contributed by atoms with van der Waals surface area (Å²) in [6.45, 7) is 0. The average molecular weight is 435 g/mol. The van der Waals surface area contributed by atoms with Crippen LogP contribution >= 0.6 is 47.6 Å². The van der Waals surface area contributed by atoms with Crippen LogP contribution in [0.15, 0.2) is 60.8 Å². The molecule has 0 spiro atoms. The highest BCUT2D eigenvalue weighted by Gasteiger charge is 2.13. The highest BCUT2D eigenvalue weighted by Crippen LogP contribution is 2.21. The topological polar surface area (TPSA) is 33.1 Å². The first kappa shape index (κ1) is 19.8. The second kappa shape index (κ2) is 8.80. The molecule has 138 valence electrons. The van der Waals surface area contributed by atoms with Crippen LogP contribution in [0.5, 0.6) is 0 Å². The Morgan fingerprint density at radius 2 is 1.70 bits per heavy atom. The molecular weight excluding hydrogens is 419 g/mol. The molecular formula is C19H16Cl2N4S2. The van der Waals surface area contributed by atoms with Crippen LogP contribution in [0, 0.1) is 0 Å². The van der Waals surface area contributed by atoms with Gasteiger partial charge in [-0.1, -0.05) is 65.8 Å². The van der Waals surface area contributed by atoms with Crippen LogP contribution in [0.4, 0.5) is 11.5 Å². The van der Waals surface area contributed by atoms with Gasteiger partial charge in [-0.2, -0.15) is 0 Å². The van der Waals surface area contributed by atoms with Crippen molar-refractivity contribution in [3.05, 3.63) is 76.4 Å². The second-order valence-electron chi connectivity index (χ2n) is 5.75. The Balaban J connectivity index is 1.69. The first-order valence-corrected chi connectivity index (χ1v) is 9.64. The number of aromatic nitrogens is 2. The minimum absolute atomic E-state index is 0.416. The highest BCUT2D eigenvalue weighted by atomic mass is 35.5. The largest absolute Gasteiger partial charge is 0.330 e. The third-order valence-corrected chi connectivity index (χ3v) is 5.32. The summed E-state index contributed by atoms with van der Waals surface area (Å²) in [6.07, 6.45) is 2.33. The van der Waals surface area contributed by atoms with Crippen LogP contribution in [-0.2, 0) is 6.42 Å². The molecule has 3 aromatic rings. The van der Waals surface area contributed by atoms with Gasteiger partial charge < -0.3 is 10.2 Å². The maximum Gasteiger partial charge on any atom is 0.198 e. The van der Waals surface area contributed by atoms with Crippen molar-refractivity contribution in [3.63, 3.8) is 0 Å². The Kier molecular flexibility index (Phi) is 6.44. The Labute approximate surface area is 178 Å². The molecule has 0 aliphatic heterocycles. The number of anilines is 2. The third kappa shape index (κ3) is 4.84. The van der Waals surface area contributed by atoms with Gasteiger partial charge in [-0.15, -0.1) is 5.10 Å². The average Bonchev–Trinajstić information content (AvgIpc) is 3.15. The minimum Gasteiger partial charge on any atom is -0.330 e. The Bertz CT molecular complexity index is 987. The normalized spacial score (nSPS) is 10.5. The van der Waals surface area contributed by atoms with Crippen LogP contribution in [0.3, 0.4) is 0 Å². The predicted octanol–water partition coefficient (Wildman–Crippen LogP) is 5.44. The number of benzene rings is 2. The van der Waals surface area contributed by atoms with E-state index in [-0.39, 0.29) is 0 Å². The number of hydrogen-bond acceptors (Lipinski definition) is 3. The summed E-state index contributed by atoms with van der Waals surface area (Å²) < 4.78 is 1.57. The highest BCUT2D eigenvalue weighted by molar-refractivity contribution is 7.80. The maximum absolute atomic E-state index is 6.22. The van der Waals surface area contributed by atoms with E-state index >= 15 is 0 Å². The number of nitrogens with zero attached hydrogens (tertiary/aromatic N) is 3. The number of nitrogens with one attached hydrogen (secondary N) is 1. The Hall–Kier alpha value is -1.99. The zero-order valence-corrected chi connectivity index (χ0v) is 17.5. The van der Waals surface area contributed by atoms with Crippen molar-refractivity contribution >= 4 is 69.2 Å². The quantitative estimate of drug-likeness (QED) is 0.552. The van der Waals surface area contributed by atoms with Gasteiger partial charge in [0.05, 0.1) is 15.7 Å². The molecule has 0 aliphatic carbocycles. The predicted molar refractivity (Wildman–Crippen MR) is 121 cm³/mol. The standard InChI is InChI=1S/C19H16Cl2N4S2/c1-24(18(26)12-13-6-2-3-7-14(13)20)17-10-11-25(23-17)19(27)22-16-9-5-4-8-15(16)21/h2-11H,12H2,1H3,(H,22,27). The van der Waals surface area contributed by atoms with E-state index < -0.39 is 0 Å². The van der Waals surface area contributed by atoms with Crippen LogP contribution in [0.25, 0.3) is 0 Å². The van der Waals surface area contributed by atoms with Gasteiger partial charge in [0.1, 0.15) is 0 Å². The molecule has 0 radical (unpaired) electrons. The van der Waals surface area contributed by atoms with E-state index in [9.17, 15) is 0 Å². The van der Waals surface area contributed by atoms with E-state index in [1.54, 1.807) is 16.9 Å². The number of hydrogen-bond donors (Lipinski definition) is 1. The fraction of sp³-hybridized carbons (Fsp3) is 0.105. The van der Waals surface area contributed by atoms with Gasteiger partial charge in [-0.05, 0) is 36.0 Å². The fourth-order valence-electron chi connectivity index (χ4n) is 2.39. The number of thiocarbonyl (C=S) groups is 2. The summed E-state index contributed by atoms with van der Waals surface area (Å²) in [5.41, 5.74) is 1.70. The molecule has 3 rings (SSSR count). The van der Waals surface area contributed by atoms with Crippen LogP contribution in [0.2, 0.25) is 10.0 Å². The molecule has 0 amide bonds. The van der Waals surface area contributed by atoms with Gasteiger partial charge >= 0.3 is 0 Å². The Morgan fingerprint density at radius 1 is 1.04 bits per heavy atom. The molecule has 0 saturated heterocycles. The molecule has 0 saturated carbocycles. The van der Waals surface area contributed by atoms with Crippen LogP contribution in [-0.4, -0.2) is 26.9 Å². The lowest BCUT2D eigenvalue weighted by molar-refractivity contribution is 0.935. The van der Waals surface area contributed by atoms with Gasteiger partial charge in [-0.25, -0.2) is 4.68 Å². The van der Waals surface area contributed by atoms with Crippen molar-refractivity contribution in [1.29, 1.82) is 0 Å². The molecule has 1 heterocycles. The van der Waals surface area contributed by atoms with Crippen molar-refractivity contribution in [2.75, 3.05) is 17.3 Å². The van der Waals surface area contributed by atoms with E-state index in [1.165, 1.54) is 0 Å². The molecule has 8 heteroatoms. The molecule has 2 aromatic carbocycles. The first-order chi connectivity index (χ1) is 13.0. The van der Waals surface area contributed by atoms with E-state index in [4.69, 9.17) is 47.6 Å². The van der Waals surface area contributed by atoms with Gasteiger partial charge in [-0.3, -0.25) is 0 Å². The summed E-state index contributed by atoms with van der Waals surface area (Å²) in [5.74, 6) is 0.690. The molecule has 4 nitrogen and oxygen atoms in total. The monoisotopic (exact) mass is 434 g/mol. The summed E-state index contributed by atoms with van der Waals surface area (Å²) in [4.78, 5) is 2.55. The van der Waals surface area contributed by atoms with Gasteiger partial charge in [0, 0.05) is 30.8 Å². The Morgan fingerprint density at radius 3 is 2.41 bits per heavy atom. The van der Waals surface area contributed by atoms with Gasteiger partial charge in [0.15, 0.2) is 10.9 Å². The SMILES string of the molecule is CN(C(=S)Cc1ccccc1Cl)c1ccn(C(=S)Nc2ccccc2Cl)n1. The molecule has 1 aromatic heterocycles. The molecule has 0 atom stereocenters. The zero-order valence-electron chi connectivity index (χ0n) is 14.4. The summed E-state index contributed by atoms with van der Waals surface area (Å²) in [7, 11) is 1.87. The molecule has 27 heavy (non-hydrogen) atoms. The summed E-state index contributed by atoms with van der Waals surface area (Å²) in [6, 6.07) is 16.9. The molecule has 0 bridgehead atoms. The van der Waals surface area contributed by atoms with Gasteiger partial charge in [0.25, 0.3) is 0 Å². The van der Waals surface area contributed by atoms with E-state index in [0.29, 0.717) is 32.4 Å². The maximum atomic E-state index is 6.22. The summed E-state index contributed by atoms with van der Waals surface area (Å²) >= 11 is 23.3. The number of likely N-dealkylation sites (N-methyl/N-ethyl adjacent to an activating group) is 1. The third-order valence-electron chi connectivity index (χ3n) is 3.92. The van der Waals surface area contributed by atoms with Crippen molar-refractivity contribution in [2.45, 2.75) is 6.42 Å². The fourth-order valence-corrected chi connectivity index (χ4v) is 3.24. The molecule has 0 fully saturated rings. The van der Waals surface area contributed by atoms with Gasteiger partial charge in [0.2, 0.25) is 0 Å². The zero-order chi connectivity index (χ0) is 19.4. The van der Waals surface area contributed by atoms with E-state index in [0.717, 1.165) is 11.3 Å². The van der Waals surface area contributed by atoms with Crippen molar-refractivity contribution < 1.29 is 0 Å². The number of rotatable bonds is 4. The lowest BCUT2D eigenvalue weighted by Crippen LogP contribution is -2.27. The first-order valence-electron chi connectivity index (χ1n) is 8.07. The lowest BCUT2D eigenvalue weighted by atomic mass is 10.1. The van der Waals surface area contributed by atoms with E-state index in [1.807, 2.05) is 60.5 Å².